The Morgan fingerprint density at radius 2 is 1.63 bits per heavy atom. The Balaban J connectivity index is 1.52. The van der Waals surface area contributed by atoms with Crippen molar-refractivity contribution < 1.29 is 13.2 Å². The molecule has 1 heterocycles. The Morgan fingerprint density at radius 3 is 2.29 bits per heavy atom. The molecule has 0 atom stereocenters. The number of nitrogens with zero attached hydrogens (tertiary/aromatic N) is 2. The Morgan fingerprint density at radius 1 is 0.971 bits per heavy atom. The summed E-state index contributed by atoms with van der Waals surface area (Å²) in [6.45, 7) is 5.74. The second kappa shape index (κ2) is 10.7. The standard InChI is InChI=1S/C27H30ClN3O3S/c1-20-8-14-24(15-9-20)35(33,34)31(26-7-5-6-25(28)21(26)2)19-27(32)29-18-22-10-12-23(13-11-22)30-16-3-4-17-30/h5-15H,3-4,16-19H2,1-2H3,(H,29,32). The van der Waals surface area contributed by atoms with Crippen LogP contribution < -0.4 is 14.5 Å². The fourth-order valence-electron chi connectivity index (χ4n) is 4.19. The van der Waals surface area contributed by atoms with Crippen molar-refractivity contribution in [1.29, 1.82) is 0 Å². The van der Waals surface area contributed by atoms with Crippen LogP contribution in [-0.4, -0.2) is 34.0 Å². The van der Waals surface area contributed by atoms with Crippen molar-refractivity contribution in [3.63, 3.8) is 0 Å². The van der Waals surface area contributed by atoms with Crippen molar-refractivity contribution in [3.05, 3.63) is 88.4 Å². The maximum absolute atomic E-state index is 13.6. The number of benzene rings is 3. The van der Waals surface area contributed by atoms with Gasteiger partial charge in [-0.1, -0.05) is 47.5 Å². The van der Waals surface area contributed by atoms with Gasteiger partial charge < -0.3 is 10.2 Å². The number of hydrogen-bond donors (Lipinski definition) is 1. The maximum atomic E-state index is 13.6. The zero-order valence-corrected chi connectivity index (χ0v) is 21.6. The second-order valence-corrected chi connectivity index (χ2v) is 11.1. The van der Waals surface area contributed by atoms with Gasteiger partial charge in [-0.25, -0.2) is 8.42 Å². The summed E-state index contributed by atoms with van der Waals surface area (Å²) in [6.07, 6.45) is 2.43. The fourth-order valence-corrected chi connectivity index (χ4v) is 5.84. The minimum Gasteiger partial charge on any atom is -0.372 e. The number of sulfonamides is 1. The number of amides is 1. The molecular weight excluding hydrogens is 482 g/mol. The topological polar surface area (TPSA) is 69.7 Å². The van der Waals surface area contributed by atoms with Gasteiger partial charge in [0.25, 0.3) is 10.0 Å². The molecular formula is C27H30ClN3O3S. The predicted molar refractivity (Wildman–Crippen MR) is 142 cm³/mol. The number of carbonyl (C=O) groups excluding carboxylic acids is 1. The predicted octanol–water partition coefficient (Wildman–Crippen LogP) is 5.07. The van der Waals surface area contributed by atoms with Crippen LogP contribution in [0.5, 0.6) is 0 Å². The van der Waals surface area contributed by atoms with E-state index in [0.717, 1.165) is 28.5 Å². The molecule has 1 aliphatic rings. The van der Waals surface area contributed by atoms with Crippen molar-refractivity contribution in [1.82, 2.24) is 5.32 Å². The van der Waals surface area contributed by atoms with E-state index in [2.05, 4.69) is 22.3 Å². The molecule has 4 rings (SSSR count). The number of halogens is 1. The van der Waals surface area contributed by atoms with Gasteiger partial charge in [0.15, 0.2) is 0 Å². The van der Waals surface area contributed by atoms with Gasteiger partial charge in [0.2, 0.25) is 5.91 Å². The van der Waals surface area contributed by atoms with Gasteiger partial charge in [-0.15, -0.1) is 0 Å². The average molecular weight is 512 g/mol. The van der Waals surface area contributed by atoms with Gasteiger partial charge in [-0.2, -0.15) is 0 Å². The maximum Gasteiger partial charge on any atom is 0.264 e. The highest BCUT2D eigenvalue weighted by Gasteiger charge is 2.28. The zero-order chi connectivity index (χ0) is 25.0. The Labute approximate surface area is 212 Å². The number of rotatable bonds is 8. The van der Waals surface area contributed by atoms with Crippen molar-refractivity contribution in [2.75, 3.05) is 28.8 Å². The van der Waals surface area contributed by atoms with Crippen LogP contribution in [0.2, 0.25) is 5.02 Å². The minimum atomic E-state index is -3.99. The summed E-state index contributed by atoms with van der Waals surface area (Å²) in [5.74, 6) is -0.399. The van der Waals surface area contributed by atoms with Crippen molar-refractivity contribution >= 4 is 38.9 Å². The van der Waals surface area contributed by atoms with E-state index >= 15 is 0 Å². The van der Waals surface area contributed by atoms with Crippen LogP contribution in [0, 0.1) is 13.8 Å². The SMILES string of the molecule is Cc1ccc(S(=O)(=O)N(CC(=O)NCc2ccc(N3CCCC3)cc2)c2cccc(Cl)c2C)cc1. The van der Waals surface area contributed by atoms with E-state index < -0.39 is 15.9 Å². The smallest absolute Gasteiger partial charge is 0.264 e. The van der Waals surface area contributed by atoms with Gasteiger partial charge >= 0.3 is 0 Å². The molecule has 8 heteroatoms. The van der Waals surface area contributed by atoms with Crippen LogP contribution in [0.15, 0.2) is 71.6 Å². The molecule has 0 bridgehead atoms. The average Bonchev–Trinajstić information content (AvgIpc) is 3.39. The molecule has 0 unspecified atom stereocenters. The summed E-state index contributed by atoms with van der Waals surface area (Å²) in [4.78, 5) is 15.4. The third-order valence-electron chi connectivity index (χ3n) is 6.30. The number of aryl methyl sites for hydroxylation is 1. The first kappa shape index (κ1) is 25.1. The van der Waals surface area contributed by atoms with E-state index in [1.807, 2.05) is 19.1 Å². The highest BCUT2D eigenvalue weighted by atomic mass is 35.5. The number of hydrogen-bond acceptors (Lipinski definition) is 4. The molecule has 35 heavy (non-hydrogen) atoms. The van der Waals surface area contributed by atoms with E-state index in [1.165, 1.54) is 18.5 Å². The van der Waals surface area contributed by atoms with Crippen molar-refractivity contribution in [2.45, 2.75) is 38.1 Å². The van der Waals surface area contributed by atoms with Crippen LogP contribution >= 0.6 is 11.6 Å². The molecule has 1 fully saturated rings. The van der Waals surface area contributed by atoms with E-state index in [-0.39, 0.29) is 11.4 Å². The quantitative estimate of drug-likeness (QED) is 0.458. The van der Waals surface area contributed by atoms with E-state index in [0.29, 0.717) is 22.8 Å². The molecule has 0 aromatic heterocycles. The summed E-state index contributed by atoms with van der Waals surface area (Å²) >= 11 is 6.29. The first-order valence-electron chi connectivity index (χ1n) is 11.7. The minimum absolute atomic E-state index is 0.118. The van der Waals surface area contributed by atoms with Crippen LogP contribution in [0.3, 0.4) is 0 Å². The highest BCUT2D eigenvalue weighted by Crippen LogP contribution is 2.31. The normalized spacial score (nSPS) is 13.6. The molecule has 1 aliphatic heterocycles. The lowest BCUT2D eigenvalue weighted by atomic mass is 10.2. The third kappa shape index (κ3) is 5.80. The summed E-state index contributed by atoms with van der Waals surface area (Å²) in [5, 5.41) is 3.30. The molecule has 3 aromatic rings. The lowest BCUT2D eigenvalue weighted by Crippen LogP contribution is -2.41. The van der Waals surface area contributed by atoms with Gasteiger partial charge in [-0.3, -0.25) is 9.10 Å². The third-order valence-corrected chi connectivity index (χ3v) is 8.48. The van der Waals surface area contributed by atoms with Gasteiger partial charge in [0.1, 0.15) is 6.54 Å². The summed E-state index contributed by atoms with van der Waals surface area (Å²) in [5.41, 5.74) is 4.05. The molecule has 3 aromatic carbocycles. The molecule has 0 radical (unpaired) electrons. The molecule has 0 spiro atoms. The van der Waals surface area contributed by atoms with Gasteiger partial charge in [0, 0.05) is 30.3 Å². The fraction of sp³-hybridized carbons (Fsp3) is 0.296. The summed E-state index contributed by atoms with van der Waals surface area (Å²) in [7, 11) is -3.99. The number of carbonyl (C=O) groups is 1. The Kier molecular flexibility index (Phi) is 7.67. The lowest BCUT2D eigenvalue weighted by molar-refractivity contribution is -0.119. The summed E-state index contributed by atoms with van der Waals surface area (Å²) in [6, 6.07) is 19.7. The monoisotopic (exact) mass is 511 g/mol. The highest BCUT2D eigenvalue weighted by molar-refractivity contribution is 7.92. The molecule has 0 aliphatic carbocycles. The largest absolute Gasteiger partial charge is 0.372 e. The lowest BCUT2D eigenvalue weighted by Gasteiger charge is -2.26. The van der Waals surface area contributed by atoms with E-state index in [1.54, 1.807) is 49.4 Å². The van der Waals surface area contributed by atoms with Crippen LogP contribution in [-0.2, 0) is 21.4 Å². The Hall–Kier alpha value is -3.03. The first-order valence-corrected chi connectivity index (χ1v) is 13.5. The van der Waals surface area contributed by atoms with Crippen LogP contribution in [0.1, 0.15) is 29.5 Å². The number of anilines is 2. The number of nitrogens with one attached hydrogen (secondary N) is 1. The second-order valence-electron chi connectivity index (χ2n) is 8.85. The van der Waals surface area contributed by atoms with Crippen LogP contribution in [0.25, 0.3) is 0 Å². The van der Waals surface area contributed by atoms with Crippen molar-refractivity contribution in [2.24, 2.45) is 0 Å². The van der Waals surface area contributed by atoms with Crippen molar-refractivity contribution in [3.8, 4) is 0 Å². The van der Waals surface area contributed by atoms with E-state index in [4.69, 9.17) is 11.6 Å². The zero-order valence-electron chi connectivity index (χ0n) is 20.0. The Bertz CT molecular complexity index is 1290. The molecule has 6 nitrogen and oxygen atoms in total. The molecule has 1 N–H and O–H groups in total. The molecule has 184 valence electrons. The van der Waals surface area contributed by atoms with Gasteiger partial charge in [0.05, 0.1) is 10.6 Å². The first-order chi connectivity index (χ1) is 16.8. The van der Waals surface area contributed by atoms with Crippen LogP contribution in [0.4, 0.5) is 11.4 Å². The molecule has 1 saturated heterocycles. The van der Waals surface area contributed by atoms with E-state index in [9.17, 15) is 13.2 Å². The summed E-state index contributed by atoms with van der Waals surface area (Å²) < 4.78 is 28.3. The van der Waals surface area contributed by atoms with Gasteiger partial charge in [-0.05, 0) is 74.2 Å². The molecule has 1 amide bonds. The molecule has 0 saturated carbocycles.